The molecule has 6 heteroatoms. The molecule has 0 saturated carbocycles. The van der Waals surface area contributed by atoms with Crippen LogP contribution in [0, 0.1) is 0 Å². The zero-order valence-corrected chi connectivity index (χ0v) is 11.6. The van der Waals surface area contributed by atoms with E-state index in [4.69, 9.17) is 18.0 Å². The first-order chi connectivity index (χ1) is 7.90. The van der Waals surface area contributed by atoms with Crippen molar-refractivity contribution in [1.82, 2.24) is 5.32 Å². The second kappa shape index (κ2) is 5.97. The molecule has 0 aromatic heterocycles. The molecule has 1 rings (SSSR count). The average molecular weight is 317 g/mol. The van der Waals surface area contributed by atoms with Gasteiger partial charge in [0.05, 0.1) is 9.46 Å². The van der Waals surface area contributed by atoms with Gasteiger partial charge >= 0.3 is 0 Å². The molecule has 0 radical (unpaired) electrons. The highest BCUT2D eigenvalue weighted by Crippen LogP contribution is 2.24. The predicted octanol–water partition coefficient (Wildman–Crippen LogP) is 1.95. The predicted molar refractivity (Wildman–Crippen MR) is 74.1 cm³/mol. The van der Waals surface area contributed by atoms with Crippen molar-refractivity contribution < 1.29 is 9.90 Å². The molecule has 17 heavy (non-hydrogen) atoms. The monoisotopic (exact) mass is 316 g/mol. The maximum atomic E-state index is 11.8. The first kappa shape index (κ1) is 13.9. The second-order valence-corrected chi connectivity index (χ2v) is 5.09. The Bertz CT molecular complexity index is 451. The number of carbonyl (C=O) groups is 1. The molecule has 1 aromatic carbocycles. The van der Waals surface area contributed by atoms with Gasteiger partial charge in [-0.25, -0.2) is 0 Å². The zero-order chi connectivity index (χ0) is 13.0. The standard InChI is InChI=1S/C11H13BrN2O2S/c1-6(4-10(13)17)14-11(16)7-2-3-8(12)9(15)5-7/h2-3,5-6,15H,4H2,1H3,(H2,13,17)(H,14,16). The van der Waals surface area contributed by atoms with Crippen LogP contribution in [-0.4, -0.2) is 22.0 Å². The van der Waals surface area contributed by atoms with E-state index < -0.39 is 0 Å². The summed E-state index contributed by atoms with van der Waals surface area (Å²) in [5.74, 6) is -0.240. The zero-order valence-electron chi connectivity index (χ0n) is 9.24. The summed E-state index contributed by atoms with van der Waals surface area (Å²) in [6.45, 7) is 1.82. The Labute approximate surface area is 113 Å². The van der Waals surface area contributed by atoms with Gasteiger partial charge in [-0.1, -0.05) is 12.2 Å². The van der Waals surface area contributed by atoms with Crippen LogP contribution in [0.5, 0.6) is 5.75 Å². The fourth-order valence-corrected chi connectivity index (χ4v) is 1.81. The van der Waals surface area contributed by atoms with Crippen LogP contribution < -0.4 is 11.1 Å². The lowest BCUT2D eigenvalue weighted by atomic mass is 10.1. The van der Waals surface area contributed by atoms with Crippen molar-refractivity contribution >= 4 is 39.0 Å². The maximum Gasteiger partial charge on any atom is 0.251 e. The van der Waals surface area contributed by atoms with E-state index in [2.05, 4.69) is 21.2 Å². The number of hydrogen-bond donors (Lipinski definition) is 3. The third-order valence-corrected chi connectivity index (χ3v) is 2.93. The number of phenols is 1. The molecule has 92 valence electrons. The minimum atomic E-state index is -0.267. The Morgan fingerprint density at radius 3 is 2.82 bits per heavy atom. The van der Waals surface area contributed by atoms with Gasteiger partial charge in [-0.15, -0.1) is 0 Å². The van der Waals surface area contributed by atoms with Crippen LogP contribution in [0.2, 0.25) is 0 Å². The number of nitrogens with two attached hydrogens (primary N) is 1. The SMILES string of the molecule is CC(CC(N)=S)NC(=O)c1ccc(Br)c(O)c1. The number of nitrogens with one attached hydrogen (secondary N) is 1. The molecule has 1 aromatic rings. The van der Waals surface area contributed by atoms with Crippen molar-refractivity contribution in [1.29, 1.82) is 0 Å². The highest BCUT2D eigenvalue weighted by atomic mass is 79.9. The summed E-state index contributed by atoms with van der Waals surface area (Å²) < 4.78 is 0.547. The molecule has 0 spiro atoms. The fraction of sp³-hybridized carbons (Fsp3) is 0.273. The molecular formula is C11H13BrN2O2S. The first-order valence-electron chi connectivity index (χ1n) is 4.98. The van der Waals surface area contributed by atoms with Gasteiger partial charge in [0.25, 0.3) is 5.91 Å². The quantitative estimate of drug-likeness (QED) is 0.742. The van der Waals surface area contributed by atoms with Crippen LogP contribution in [0.4, 0.5) is 0 Å². The van der Waals surface area contributed by atoms with Crippen LogP contribution in [0.3, 0.4) is 0 Å². The smallest absolute Gasteiger partial charge is 0.251 e. The van der Waals surface area contributed by atoms with Gasteiger partial charge in [0.15, 0.2) is 0 Å². The fourth-order valence-electron chi connectivity index (χ4n) is 1.31. The molecular weight excluding hydrogens is 304 g/mol. The maximum absolute atomic E-state index is 11.8. The van der Waals surface area contributed by atoms with Crippen LogP contribution in [-0.2, 0) is 0 Å². The van der Waals surface area contributed by atoms with Gasteiger partial charge in [-0.05, 0) is 41.1 Å². The third-order valence-electron chi connectivity index (χ3n) is 2.09. The van der Waals surface area contributed by atoms with E-state index in [1.807, 2.05) is 6.92 Å². The molecule has 0 aliphatic rings. The second-order valence-electron chi connectivity index (χ2n) is 3.71. The van der Waals surface area contributed by atoms with Crippen LogP contribution in [0.1, 0.15) is 23.7 Å². The van der Waals surface area contributed by atoms with Crippen molar-refractivity contribution in [2.45, 2.75) is 19.4 Å². The molecule has 1 unspecified atom stereocenters. The molecule has 1 amide bonds. The molecule has 4 nitrogen and oxygen atoms in total. The summed E-state index contributed by atoms with van der Waals surface area (Å²) in [5.41, 5.74) is 5.78. The summed E-state index contributed by atoms with van der Waals surface area (Å²) in [5, 5.41) is 12.2. The Hall–Kier alpha value is -1.14. The van der Waals surface area contributed by atoms with E-state index in [0.29, 0.717) is 21.4 Å². The summed E-state index contributed by atoms with van der Waals surface area (Å²) in [6.07, 6.45) is 0.448. The molecule has 4 N–H and O–H groups in total. The van der Waals surface area contributed by atoms with E-state index in [0.717, 1.165) is 0 Å². The first-order valence-corrected chi connectivity index (χ1v) is 6.18. The number of carbonyl (C=O) groups excluding carboxylic acids is 1. The van der Waals surface area contributed by atoms with Gasteiger partial charge in [0.2, 0.25) is 0 Å². The minimum absolute atomic E-state index is 0.0275. The number of amides is 1. The van der Waals surface area contributed by atoms with E-state index in [1.165, 1.54) is 6.07 Å². The van der Waals surface area contributed by atoms with Crippen molar-refractivity contribution in [2.24, 2.45) is 5.73 Å². The van der Waals surface area contributed by atoms with Crippen LogP contribution >= 0.6 is 28.1 Å². The molecule has 0 fully saturated rings. The lowest BCUT2D eigenvalue weighted by Crippen LogP contribution is -2.35. The molecule has 0 saturated heterocycles. The van der Waals surface area contributed by atoms with Crippen molar-refractivity contribution in [3.63, 3.8) is 0 Å². The molecule has 0 bridgehead atoms. The average Bonchev–Trinajstić information content (AvgIpc) is 2.20. The highest BCUT2D eigenvalue weighted by molar-refractivity contribution is 9.10. The van der Waals surface area contributed by atoms with E-state index in [1.54, 1.807) is 12.1 Å². The number of halogens is 1. The van der Waals surface area contributed by atoms with Crippen molar-refractivity contribution in [3.8, 4) is 5.75 Å². The number of phenolic OH excluding ortho intramolecular Hbond substituents is 1. The topological polar surface area (TPSA) is 75.3 Å². The minimum Gasteiger partial charge on any atom is -0.507 e. The van der Waals surface area contributed by atoms with Gasteiger partial charge in [-0.2, -0.15) is 0 Å². The lowest BCUT2D eigenvalue weighted by Gasteiger charge is -2.13. The number of rotatable bonds is 4. The summed E-state index contributed by atoms with van der Waals surface area (Å²) in [4.78, 5) is 12.1. The Morgan fingerprint density at radius 2 is 2.29 bits per heavy atom. The Morgan fingerprint density at radius 1 is 1.65 bits per heavy atom. The number of benzene rings is 1. The normalized spacial score (nSPS) is 11.9. The Balaban J connectivity index is 2.70. The summed E-state index contributed by atoms with van der Waals surface area (Å²) in [6, 6.07) is 4.49. The van der Waals surface area contributed by atoms with E-state index in [9.17, 15) is 9.90 Å². The van der Waals surface area contributed by atoms with E-state index in [-0.39, 0.29) is 17.7 Å². The largest absolute Gasteiger partial charge is 0.507 e. The van der Waals surface area contributed by atoms with Crippen LogP contribution in [0.15, 0.2) is 22.7 Å². The third kappa shape index (κ3) is 4.32. The van der Waals surface area contributed by atoms with Gasteiger partial charge in [0, 0.05) is 18.0 Å². The molecule has 0 aliphatic heterocycles. The Kier molecular flexibility index (Phi) is 4.89. The summed E-state index contributed by atoms with van der Waals surface area (Å²) in [7, 11) is 0. The number of hydrogen-bond acceptors (Lipinski definition) is 3. The number of aromatic hydroxyl groups is 1. The number of thiocarbonyl (C=S) groups is 1. The van der Waals surface area contributed by atoms with Gasteiger partial charge in [0.1, 0.15) is 5.75 Å². The summed E-state index contributed by atoms with van der Waals surface area (Å²) >= 11 is 7.91. The van der Waals surface area contributed by atoms with Crippen LogP contribution in [0.25, 0.3) is 0 Å². The highest BCUT2D eigenvalue weighted by Gasteiger charge is 2.11. The molecule has 0 heterocycles. The molecule has 0 aliphatic carbocycles. The van der Waals surface area contributed by atoms with Gasteiger partial charge in [-0.3, -0.25) is 4.79 Å². The van der Waals surface area contributed by atoms with Gasteiger partial charge < -0.3 is 16.2 Å². The molecule has 1 atom stereocenters. The van der Waals surface area contributed by atoms with Crippen molar-refractivity contribution in [3.05, 3.63) is 28.2 Å². The van der Waals surface area contributed by atoms with E-state index >= 15 is 0 Å². The van der Waals surface area contributed by atoms with Crippen molar-refractivity contribution in [2.75, 3.05) is 0 Å². The lowest BCUT2D eigenvalue weighted by molar-refractivity contribution is 0.0941.